The molecule has 7 nitrogen and oxygen atoms in total. The topological polar surface area (TPSA) is 93.6 Å². The molecule has 1 atom stereocenters. The van der Waals surface area contributed by atoms with Crippen LogP contribution in [-0.4, -0.2) is 45.5 Å². The normalized spacial score (nSPS) is 23.9. The van der Waals surface area contributed by atoms with Gasteiger partial charge in [0.05, 0.1) is 5.39 Å². The van der Waals surface area contributed by atoms with E-state index in [1.54, 1.807) is 17.7 Å². The average molecular weight is 448 g/mol. The minimum atomic E-state index is -0.490. The van der Waals surface area contributed by atoms with Crippen molar-refractivity contribution in [3.63, 3.8) is 0 Å². The van der Waals surface area contributed by atoms with Gasteiger partial charge in [-0.05, 0) is 83.6 Å². The van der Waals surface area contributed by atoms with Gasteiger partial charge in [0.2, 0.25) is 5.88 Å². The Labute approximate surface area is 187 Å². The molecule has 2 heterocycles. The van der Waals surface area contributed by atoms with Crippen molar-refractivity contribution in [2.45, 2.75) is 95.8 Å². The summed E-state index contributed by atoms with van der Waals surface area (Å²) in [7, 11) is 0. The van der Waals surface area contributed by atoms with Crippen LogP contribution in [0, 0.1) is 0 Å². The molecule has 4 rings (SSSR count). The number of carbonyl (C=O) groups excluding carboxylic acids is 1. The number of aryl methyl sites for hydroxylation is 1. The van der Waals surface area contributed by atoms with Crippen LogP contribution in [0.5, 0.6) is 5.88 Å². The van der Waals surface area contributed by atoms with Crippen molar-refractivity contribution in [2.75, 3.05) is 6.61 Å². The van der Waals surface area contributed by atoms with E-state index in [0.29, 0.717) is 11.8 Å². The van der Waals surface area contributed by atoms with Gasteiger partial charge in [-0.25, -0.2) is 14.8 Å². The molecule has 1 saturated carbocycles. The highest BCUT2D eigenvalue weighted by atomic mass is 32.1. The van der Waals surface area contributed by atoms with Gasteiger partial charge in [-0.1, -0.05) is 0 Å². The number of amides is 1. The third-order valence-electron chi connectivity index (χ3n) is 6.08. The average Bonchev–Trinajstić information content (AvgIpc) is 3.09. The van der Waals surface area contributed by atoms with E-state index in [1.165, 1.54) is 10.4 Å². The molecule has 170 valence electrons. The number of aliphatic hydroxyl groups excluding tert-OH is 1. The largest absolute Gasteiger partial charge is 0.474 e. The Bertz CT molecular complexity index is 915. The molecule has 0 aromatic carbocycles. The molecule has 31 heavy (non-hydrogen) atoms. The second kappa shape index (κ2) is 9.28. The smallest absolute Gasteiger partial charge is 0.407 e. The van der Waals surface area contributed by atoms with Crippen molar-refractivity contribution in [3.8, 4) is 5.88 Å². The maximum absolute atomic E-state index is 12.0. The summed E-state index contributed by atoms with van der Waals surface area (Å²) in [5.41, 5.74) is 0.812. The van der Waals surface area contributed by atoms with Crippen LogP contribution in [-0.2, 0) is 11.2 Å². The van der Waals surface area contributed by atoms with Crippen molar-refractivity contribution < 1.29 is 19.4 Å². The molecule has 0 aliphatic heterocycles. The van der Waals surface area contributed by atoms with Crippen LogP contribution in [0.3, 0.4) is 0 Å². The number of rotatable bonds is 5. The summed E-state index contributed by atoms with van der Waals surface area (Å²) in [4.78, 5) is 23.4. The zero-order chi connectivity index (χ0) is 22.0. The molecule has 0 saturated heterocycles. The molecule has 0 bridgehead atoms. The summed E-state index contributed by atoms with van der Waals surface area (Å²) in [5, 5.41) is 13.6. The van der Waals surface area contributed by atoms with Crippen molar-refractivity contribution in [1.29, 1.82) is 0 Å². The molecular weight excluding hydrogens is 414 g/mol. The molecule has 2 N–H and O–H groups in total. The monoisotopic (exact) mass is 447 g/mol. The van der Waals surface area contributed by atoms with Gasteiger partial charge in [0.25, 0.3) is 0 Å². The molecule has 1 amide bonds. The second-order valence-electron chi connectivity index (χ2n) is 9.64. The molecule has 2 aromatic heterocycles. The maximum atomic E-state index is 12.0. The highest BCUT2D eigenvalue weighted by Gasteiger charge is 2.30. The van der Waals surface area contributed by atoms with E-state index >= 15 is 0 Å². The van der Waals surface area contributed by atoms with E-state index in [9.17, 15) is 9.90 Å². The van der Waals surface area contributed by atoms with Crippen LogP contribution in [0.1, 0.15) is 82.1 Å². The first-order valence-electron chi connectivity index (χ1n) is 11.4. The highest BCUT2D eigenvalue weighted by Crippen LogP contribution is 2.45. The third-order valence-corrected chi connectivity index (χ3v) is 7.26. The Morgan fingerprint density at radius 3 is 2.71 bits per heavy atom. The SMILES string of the molecule is CC(C)(C)OC(=O)N[C@H]1CC[C@@H](Oc2ncnc3sc4c(c23)[C@H](CCO)CCC4)CC1. The molecular formula is C23H33N3O4S. The number of hydrogen-bond acceptors (Lipinski definition) is 7. The Morgan fingerprint density at radius 2 is 2.00 bits per heavy atom. The van der Waals surface area contributed by atoms with Crippen LogP contribution in [0.4, 0.5) is 4.79 Å². The molecule has 8 heteroatoms. The van der Waals surface area contributed by atoms with Crippen molar-refractivity contribution in [1.82, 2.24) is 15.3 Å². The van der Waals surface area contributed by atoms with Crippen LogP contribution < -0.4 is 10.1 Å². The van der Waals surface area contributed by atoms with Crippen molar-refractivity contribution in [2.24, 2.45) is 0 Å². The molecule has 0 unspecified atom stereocenters. The molecule has 0 spiro atoms. The zero-order valence-electron chi connectivity index (χ0n) is 18.6. The Kier molecular flexibility index (Phi) is 6.67. The van der Waals surface area contributed by atoms with Gasteiger partial charge in [-0.2, -0.15) is 0 Å². The summed E-state index contributed by atoms with van der Waals surface area (Å²) in [6.45, 7) is 5.80. The number of fused-ring (bicyclic) bond motifs is 3. The molecule has 2 aliphatic carbocycles. The molecule has 2 aromatic rings. The number of carbonyl (C=O) groups is 1. The minimum Gasteiger partial charge on any atom is -0.474 e. The number of hydrogen-bond donors (Lipinski definition) is 2. The third kappa shape index (κ3) is 5.29. The lowest BCUT2D eigenvalue weighted by atomic mass is 9.84. The van der Waals surface area contributed by atoms with E-state index in [4.69, 9.17) is 9.47 Å². The fourth-order valence-electron chi connectivity index (χ4n) is 4.74. The van der Waals surface area contributed by atoms with E-state index in [2.05, 4.69) is 15.3 Å². The predicted octanol–water partition coefficient (Wildman–Crippen LogP) is 4.71. The van der Waals surface area contributed by atoms with Gasteiger partial charge in [0, 0.05) is 17.5 Å². The van der Waals surface area contributed by atoms with E-state index in [-0.39, 0.29) is 24.8 Å². The first-order chi connectivity index (χ1) is 14.8. The lowest BCUT2D eigenvalue weighted by Gasteiger charge is -2.30. The van der Waals surface area contributed by atoms with Crippen LogP contribution in [0.25, 0.3) is 10.2 Å². The predicted molar refractivity (Wildman–Crippen MR) is 121 cm³/mol. The molecule has 2 aliphatic rings. The van der Waals surface area contributed by atoms with Gasteiger partial charge in [0.1, 0.15) is 22.9 Å². The van der Waals surface area contributed by atoms with Gasteiger partial charge in [-0.3, -0.25) is 0 Å². The lowest BCUT2D eigenvalue weighted by molar-refractivity contribution is 0.0470. The maximum Gasteiger partial charge on any atom is 0.407 e. The quantitative estimate of drug-likeness (QED) is 0.690. The van der Waals surface area contributed by atoms with E-state index in [0.717, 1.165) is 61.6 Å². The Morgan fingerprint density at radius 1 is 1.23 bits per heavy atom. The number of aliphatic hydroxyl groups is 1. The van der Waals surface area contributed by atoms with Crippen LogP contribution in [0.15, 0.2) is 6.33 Å². The number of thiophene rings is 1. The van der Waals surface area contributed by atoms with Gasteiger partial charge in [0.15, 0.2) is 0 Å². The fraction of sp³-hybridized carbons (Fsp3) is 0.696. The summed E-state index contributed by atoms with van der Waals surface area (Å²) < 4.78 is 11.8. The van der Waals surface area contributed by atoms with Crippen molar-refractivity contribution in [3.05, 3.63) is 16.8 Å². The first kappa shape index (κ1) is 22.3. The molecule has 0 radical (unpaired) electrons. The number of aromatic nitrogens is 2. The van der Waals surface area contributed by atoms with E-state index in [1.807, 2.05) is 20.8 Å². The second-order valence-corrected chi connectivity index (χ2v) is 10.7. The van der Waals surface area contributed by atoms with Crippen LogP contribution >= 0.6 is 11.3 Å². The summed E-state index contributed by atoms with van der Waals surface area (Å²) in [6.07, 6.45) is 8.83. The highest BCUT2D eigenvalue weighted by molar-refractivity contribution is 7.18. The van der Waals surface area contributed by atoms with Gasteiger partial charge in [-0.15, -0.1) is 11.3 Å². The fourth-order valence-corrected chi connectivity index (χ4v) is 5.99. The summed E-state index contributed by atoms with van der Waals surface area (Å²) >= 11 is 1.74. The molecule has 1 fully saturated rings. The first-order valence-corrected chi connectivity index (χ1v) is 12.2. The summed E-state index contributed by atoms with van der Waals surface area (Å²) in [6, 6.07) is 0.114. The van der Waals surface area contributed by atoms with Gasteiger partial charge < -0.3 is 19.9 Å². The Balaban J connectivity index is 1.43. The standard InChI is InChI=1S/C23H33N3O4S/c1-23(2,3)30-22(28)26-15-7-9-16(10-8-15)29-20-19-18-14(11-12-27)5-4-6-17(18)31-21(19)25-13-24-20/h13-16,27H,4-12H2,1-3H3,(H,26,28)/t14-,15-,16+/m0/s1. The number of nitrogens with one attached hydrogen (secondary N) is 1. The zero-order valence-corrected chi connectivity index (χ0v) is 19.5. The Hall–Kier alpha value is -1.93. The van der Waals surface area contributed by atoms with Crippen LogP contribution in [0.2, 0.25) is 0 Å². The number of nitrogens with zero attached hydrogens (tertiary/aromatic N) is 2. The van der Waals surface area contributed by atoms with E-state index < -0.39 is 5.60 Å². The number of alkyl carbamates (subject to hydrolysis) is 1. The number of ether oxygens (including phenoxy) is 2. The summed E-state index contributed by atoms with van der Waals surface area (Å²) in [5.74, 6) is 1.03. The lowest BCUT2D eigenvalue weighted by Crippen LogP contribution is -2.42. The van der Waals surface area contributed by atoms with Gasteiger partial charge >= 0.3 is 6.09 Å². The minimum absolute atomic E-state index is 0.0743. The van der Waals surface area contributed by atoms with Crippen molar-refractivity contribution >= 4 is 27.6 Å².